The Morgan fingerprint density at radius 1 is 1.04 bits per heavy atom. The maximum absolute atomic E-state index is 13.1. The third-order valence-electron chi connectivity index (χ3n) is 3.94. The smallest absolute Gasteiger partial charge is 0.310 e. The van der Waals surface area contributed by atoms with Crippen LogP contribution >= 0.6 is 0 Å². The summed E-state index contributed by atoms with van der Waals surface area (Å²) in [6.45, 7) is 4.01. The second-order valence-electron chi connectivity index (χ2n) is 5.39. The highest BCUT2D eigenvalue weighted by atomic mass is 19.1. The summed E-state index contributed by atoms with van der Waals surface area (Å²) in [5, 5.41) is 0. The number of ether oxygens (including phenoxy) is 2. The normalized spacial score (nSPS) is 20.6. The number of esters is 2. The number of hydrogen-bond acceptors (Lipinski definition) is 4. The second kappa shape index (κ2) is 7.90. The molecule has 0 amide bonds. The summed E-state index contributed by atoms with van der Waals surface area (Å²) in [6, 6.07) is 6.11. The van der Waals surface area contributed by atoms with Crippen molar-refractivity contribution in [2.75, 3.05) is 13.2 Å². The lowest BCUT2D eigenvalue weighted by atomic mass is 9.77. The molecular formula is C18H21FO4. The van der Waals surface area contributed by atoms with E-state index >= 15 is 0 Å². The predicted octanol–water partition coefficient (Wildman–Crippen LogP) is 3.36. The van der Waals surface area contributed by atoms with E-state index in [1.54, 1.807) is 26.0 Å². The topological polar surface area (TPSA) is 52.6 Å². The van der Waals surface area contributed by atoms with Gasteiger partial charge < -0.3 is 9.47 Å². The molecule has 0 fully saturated rings. The van der Waals surface area contributed by atoms with E-state index in [-0.39, 0.29) is 25.0 Å². The van der Waals surface area contributed by atoms with Crippen molar-refractivity contribution in [1.29, 1.82) is 0 Å². The molecule has 0 bridgehead atoms. The van der Waals surface area contributed by atoms with E-state index in [9.17, 15) is 14.0 Å². The first-order valence-corrected chi connectivity index (χ1v) is 7.85. The molecule has 1 aromatic rings. The van der Waals surface area contributed by atoms with Crippen LogP contribution in [0.4, 0.5) is 4.39 Å². The molecule has 1 aliphatic carbocycles. The van der Waals surface area contributed by atoms with E-state index in [1.165, 1.54) is 12.1 Å². The lowest BCUT2D eigenvalue weighted by Crippen LogP contribution is -2.34. The van der Waals surface area contributed by atoms with E-state index in [0.717, 1.165) is 11.1 Å². The van der Waals surface area contributed by atoms with Crippen LogP contribution in [-0.4, -0.2) is 25.2 Å². The fraction of sp³-hybridized carbons (Fsp3) is 0.444. The summed E-state index contributed by atoms with van der Waals surface area (Å²) in [5.41, 5.74) is 1.77. The molecule has 0 unspecified atom stereocenters. The van der Waals surface area contributed by atoms with Gasteiger partial charge in [-0.05, 0) is 50.0 Å². The van der Waals surface area contributed by atoms with Gasteiger partial charge in [0.2, 0.25) is 0 Å². The largest absolute Gasteiger partial charge is 0.466 e. The Morgan fingerprint density at radius 2 is 1.61 bits per heavy atom. The summed E-state index contributed by atoms with van der Waals surface area (Å²) in [5.74, 6) is -2.17. The lowest BCUT2D eigenvalue weighted by Gasteiger charge is -2.28. The first-order valence-electron chi connectivity index (χ1n) is 7.85. The van der Waals surface area contributed by atoms with Crippen LogP contribution in [0.15, 0.2) is 30.3 Å². The van der Waals surface area contributed by atoms with Crippen LogP contribution in [-0.2, 0) is 19.1 Å². The quantitative estimate of drug-likeness (QED) is 0.781. The number of carbonyl (C=O) groups is 2. The summed E-state index contributed by atoms with van der Waals surface area (Å²) < 4.78 is 23.2. The molecule has 0 N–H and O–H groups in total. The Bertz CT molecular complexity index is 592. The molecule has 124 valence electrons. The molecule has 0 radical (unpaired) electrons. The Kier molecular flexibility index (Phi) is 5.90. The van der Waals surface area contributed by atoms with Gasteiger partial charge in [0.15, 0.2) is 0 Å². The lowest BCUT2D eigenvalue weighted by molar-refractivity contribution is -0.160. The van der Waals surface area contributed by atoms with Crippen LogP contribution in [0.25, 0.3) is 5.57 Å². The minimum atomic E-state index is -0.570. The summed E-state index contributed by atoms with van der Waals surface area (Å²) in [4.78, 5) is 24.3. The van der Waals surface area contributed by atoms with Gasteiger partial charge in [-0.2, -0.15) is 0 Å². The third kappa shape index (κ3) is 4.18. The molecule has 0 saturated carbocycles. The van der Waals surface area contributed by atoms with Crippen molar-refractivity contribution in [2.24, 2.45) is 11.8 Å². The number of allylic oxidation sites excluding steroid dienone is 2. The maximum atomic E-state index is 13.1. The van der Waals surface area contributed by atoms with Gasteiger partial charge in [0.1, 0.15) is 5.82 Å². The highest BCUT2D eigenvalue weighted by molar-refractivity contribution is 5.86. The molecule has 1 aromatic carbocycles. The summed E-state index contributed by atoms with van der Waals surface area (Å²) in [6.07, 6.45) is 2.72. The Hall–Kier alpha value is -2.17. The monoisotopic (exact) mass is 320 g/mol. The Balaban J connectivity index is 2.24. The fourth-order valence-corrected chi connectivity index (χ4v) is 2.80. The van der Waals surface area contributed by atoms with Crippen LogP contribution in [0.3, 0.4) is 0 Å². The number of halogens is 1. The van der Waals surface area contributed by atoms with Crippen LogP contribution in [0.1, 0.15) is 32.3 Å². The van der Waals surface area contributed by atoms with Crippen molar-refractivity contribution in [3.8, 4) is 0 Å². The van der Waals surface area contributed by atoms with Crippen molar-refractivity contribution in [3.05, 3.63) is 41.7 Å². The second-order valence-corrected chi connectivity index (χ2v) is 5.39. The van der Waals surface area contributed by atoms with Gasteiger partial charge in [-0.1, -0.05) is 18.2 Å². The summed E-state index contributed by atoms with van der Waals surface area (Å²) >= 11 is 0. The molecule has 5 heteroatoms. The predicted molar refractivity (Wildman–Crippen MR) is 83.9 cm³/mol. The number of benzene rings is 1. The first-order chi connectivity index (χ1) is 11.1. The first kappa shape index (κ1) is 17.2. The van der Waals surface area contributed by atoms with Crippen LogP contribution in [0, 0.1) is 17.7 Å². The van der Waals surface area contributed by atoms with Crippen LogP contribution < -0.4 is 0 Å². The van der Waals surface area contributed by atoms with E-state index in [2.05, 4.69) is 0 Å². The SMILES string of the molecule is CCOC(=O)[C@H]1CC=C(c2ccc(F)cc2)C[C@@H]1C(=O)OCC. The van der Waals surface area contributed by atoms with Crippen LogP contribution in [0.2, 0.25) is 0 Å². The number of rotatable bonds is 5. The maximum Gasteiger partial charge on any atom is 0.310 e. The van der Waals surface area contributed by atoms with E-state index in [1.807, 2.05) is 6.08 Å². The molecule has 4 nitrogen and oxygen atoms in total. The Morgan fingerprint density at radius 3 is 2.17 bits per heavy atom. The molecular weight excluding hydrogens is 299 g/mol. The molecule has 0 aromatic heterocycles. The van der Waals surface area contributed by atoms with Crippen molar-refractivity contribution in [3.63, 3.8) is 0 Å². The third-order valence-corrected chi connectivity index (χ3v) is 3.94. The van der Waals surface area contributed by atoms with Crippen molar-refractivity contribution < 1.29 is 23.5 Å². The van der Waals surface area contributed by atoms with Gasteiger partial charge in [0.05, 0.1) is 25.0 Å². The zero-order valence-corrected chi connectivity index (χ0v) is 13.4. The number of carbonyl (C=O) groups excluding carboxylic acids is 2. The van der Waals surface area contributed by atoms with Gasteiger partial charge >= 0.3 is 11.9 Å². The standard InChI is InChI=1S/C18H21FO4/c1-3-22-17(20)15-10-7-13(11-16(15)18(21)23-4-2)12-5-8-14(19)9-6-12/h5-9,15-16H,3-4,10-11H2,1-2H3/t15-,16-/m0/s1. The van der Waals surface area contributed by atoms with Gasteiger partial charge in [-0.3, -0.25) is 9.59 Å². The van der Waals surface area contributed by atoms with Gasteiger partial charge in [-0.15, -0.1) is 0 Å². The molecule has 0 aliphatic heterocycles. The molecule has 0 saturated heterocycles. The molecule has 0 spiro atoms. The van der Waals surface area contributed by atoms with Gasteiger partial charge in [0, 0.05) is 0 Å². The zero-order valence-electron chi connectivity index (χ0n) is 13.4. The minimum absolute atomic E-state index is 0.264. The zero-order chi connectivity index (χ0) is 16.8. The molecule has 23 heavy (non-hydrogen) atoms. The fourth-order valence-electron chi connectivity index (χ4n) is 2.80. The highest BCUT2D eigenvalue weighted by Crippen LogP contribution is 2.36. The molecule has 0 heterocycles. The van der Waals surface area contributed by atoms with Gasteiger partial charge in [-0.25, -0.2) is 4.39 Å². The van der Waals surface area contributed by atoms with E-state index in [4.69, 9.17) is 9.47 Å². The highest BCUT2D eigenvalue weighted by Gasteiger charge is 2.38. The molecule has 1 aliphatic rings. The Labute approximate surface area is 135 Å². The van der Waals surface area contributed by atoms with Crippen LogP contribution in [0.5, 0.6) is 0 Å². The van der Waals surface area contributed by atoms with Gasteiger partial charge in [0.25, 0.3) is 0 Å². The van der Waals surface area contributed by atoms with Crippen molar-refractivity contribution in [2.45, 2.75) is 26.7 Å². The van der Waals surface area contributed by atoms with Crippen molar-refractivity contribution in [1.82, 2.24) is 0 Å². The summed E-state index contributed by atoms with van der Waals surface area (Å²) in [7, 11) is 0. The minimum Gasteiger partial charge on any atom is -0.466 e. The number of hydrogen-bond donors (Lipinski definition) is 0. The molecule has 2 rings (SSSR count). The van der Waals surface area contributed by atoms with E-state index in [0.29, 0.717) is 12.8 Å². The molecule has 2 atom stereocenters. The van der Waals surface area contributed by atoms with E-state index < -0.39 is 17.8 Å². The average Bonchev–Trinajstić information content (AvgIpc) is 2.55. The average molecular weight is 320 g/mol. The van der Waals surface area contributed by atoms with Crippen molar-refractivity contribution >= 4 is 17.5 Å².